The van der Waals surface area contributed by atoms with Crippen molar-refractivity contribution < 1.29 is 12.0 Å². The fourth-order valence-corrected chi connectivity index (χ4v) is 7.67. The van der Waals surface area contributed by atoms with Crippen LogP contribution in [0.25, 0.3) is 10.8 Å². The Balaban J connectivity index is 1.64. The number of hydrogen-bond acceptors (Lipinski definition) is 6. The molecule has 0 spiro atoms. The molecule has 2 aromatic rings. The Morgan fingerprint density at radius 2 is 1.69 bits per heavy atom. The van der Waals surface area contributed by atoms with Crippen LogP contribution >= 0.6 is 4.00 Å². The first-order valence-corrected chi connectivity index (χ1v) is 19.5. The summed E-state index contributed by atoms with van der Waals surface area (Å²) in [5.41, 5.74) is 2.46. The molecule has 5 nitrogen and oxygen atoms in total. The van der Waals surface area contributed by atoms with Crippen molar-refractivity contribution in [2.24, 2.45) is 0 Å². The molecule has 0 saturated carbocycles. The van der Waals surface area contributed by atoms with Crippen LogP contribution in [0.4, 0.5) is 11.4 Å². The molecule has 2 aliphatic rings. The summed E-state index contributed by atoms with van der Waals surface area (Å²) in [6, 6.07) is 12.7. The van der Waals surface area contributed by atoms with Crippen LogP contribution in [0, 0.1) is 0 Å². The number of benzene rings is 2. The number of rotatable bonds is 5. The van der Waals surface area contributed by atoms with Gasteiger partial charge < -0.3 is 0 Å². The van der Waals surface area contributed by atoms with Gasteiger partial charge in [0.15, 0.2) is 0 Å². The van der Waals surface area contributed by atoms with E-state index in [1.807, 2.05) is 0 Å². The molecule has 146 valence electrons. The molecular formula is C19H23B2N2O3PSTl+. The first-order valence-electron chi connectivity index (χ1n) is 9.67. The quantitative estimate of drug-likeness (QED) is 0.388. The van der Waals surface area contributed by atoms with Crippen molar-refractivity contribution in [1.29, 1.82) is 0 Å². The molecule has 1 saturated heterocycles. The summed E-state index contributed by atoms with van der Waals surface area (Å²) in [5.74, 6) is 2.14. The average Bonchev–Trinajstić information content (AvgIpc) is 2.89. The molecule has 10 heteroatoms. The molecule has 0 bridgehead atoms. The van der Waals surface area contributed by atoms with Gasteiger partial charge in [-0.15, -0.1) is 0 Å². The van der Waals surface area contributed by atoms with Gasteiger partial charge in [0.1, 0.15) is 0 Å². The third-order valence-corrected chi connectivity index (χ3v) is 11.7. The van der Waals surface area contributed by atoms with E-state index in [0.717, 1.165) is 20.8 Å². The Morgan fingerprint density at radius 3 is 2.24 bits per heavy atom. The molecule has 2 aromatic carbocycles. The van der Waals surface area contributed by atoms with Gasteiger partial charge in [0, 0.05) is 0 Å². The van der Waals surface area contributed by atoms with Crippen LogP contribution in [0.5, 0.6) is 0 Å². The van der Waals surface area contributed by atoms with E-state index in [9.17, 15) is 0 Å². The van der Waals surface area contributed by atoms with Gasteiger partial charge in [-0.1, -0.05) is 0 Å². The molecule has 0 amide bonds. The molecule has 0 atom stereocenters. The van der Waals surface area contributed by atoms with Gasteiger partial charge in [-0.2, -0.15) is 0 Å². The summed E-state index contributed by atoms with van der Waals surface area (Å²) in [6.45, 7) is 8.70. The number of hydrogen-bond donors (Lipinski definition) is 2. The van der Waals surface area contributed by atoms with E-state index in [-0.39, 0.29) is 18.2 Å². The average molecular weight is 616 g/mol. The number of nitrogens with one attached hydrogen (secondary N) is 2. The normalized spacial score (nSPS) is 19.5. The summed E-state index contributed by atoms with van der Waals surface area (Å²) in [6.07, 6.45) is 0. The van der Waals surface area contributed by atoms with Crippen molar-refractivity contribution in [2.45, 2.75) is 38.9 Å². The van der Waals surface area contributed by atoms with Crippen molar-refractivity contribution >= 4 is 75.6 Å². The molecule has 1 fully saturated rings. The maximum atomic E-state index is 6.29. The Morgan fingerprint density at radius 1 is 1.10 bits per heavy atom. The van der Waals surface area contributed by atoms with Gasteiger partial charge in [0.25, 0.3) is 0 Å². The maximum absolute atomic E-state index is 6.29. The topological polar surface area (TPSA) is 51.8 Å². The van der Waals surface area contributed by atoms with E-state index in [1.165, 1.54) is 10.8 Å². The summed E-state index contributed by atoms with van der Waals surface area (Å²) < 4.78 is 19.6. The molecule has 29 heavy (non-hydrogen) atoms. The second kappa shape index (κ2) is 8.63. The molecule has 2 N–H and O–H groups in total. The van der Waals surface area contributed by atoms with Crippen molar-refractivity contribution in [3.8, 4) is 0 Å². The van der Waals surface area contributed by atoms with Gasteiger partial charge in [0.2, 0.25) is 0 Å². The molecule has 0 radical (unpaired) electrons. The predicted octanol–water partition coefficient (Wildman–Crippen LogP) is 4.22. The van der Waals surface area contributed by atoms with Crippen LogP contribution in [-0.2, 0) is 23.8 Å². The van der Waals surface area contributed by atoms with Crippen LogP contribution in [0.1, 0.15) is 27.7 Å². The molecule has 2 heterocycles. The first kappa shape index (κ1) is 21.8. The van der Waals surface area contributed by atoms with Gasteiger partial charge in [-0.25, -0.2) is 0 Å². The summed E-state index contributed by atoms with van der Waals surface area (Å²) >= 11 is 3.75. The van der Waals surface area contributed by atoms with Gasteiger partial charge >= 0.3 is 191 Å². The third kappa shape index (κ3) is 4.48. The van der Waals surface area contributed by atoms with Gasteiger partial charge in [-0.3, -0.25) is 0 Å². The van der Waals surface area contributed by atoms with Crippen molar-refractivity contribution in [3.05, 3.63) is 47.8 Å². The van der Waals surface area contributed by atoms with Crippen LogP contribution in [0.2, 0.25) is 0 Å². The SMILES string of the molecule is CC1(C)OB(/C(=C\B2Nc3cccc4cccc(c34)N2)C[O][Tl]=[P+]=S)OC1(C)C. The van der Waals surface area contributed by atoms with Crippen molar-refractivity contribution in [1.82, 2.24) is 0 Å². The van der Waals surface area contributed by atoms with E-state index in [0.29, 0.717) is 6.61 Å². The van der Waals surface area contributed by atoms with E-state index in [2.05, 4.69) is 80.5 Å². The fourth-order valence-electron chi connectivity index (χ4n) is 3.60. The van der Waals surface area contributed by atoms with E-state index < -0.39 is 30.7 Å². The Bertz CT molecular complexity index is 973. The first-order chi connectivity index (χ1) is 13.8. The summed E-state index contributed by atoms with van der Waals surface area (Å²) in [5, 5.41) is 9.61. The van der Waals surface area contributed by atoms with Crippen LogP contribution in [0.3, 0.4) is 0 Å². The molecule has 2 aliphatic heterocycles. The number of anilines is 2. The minimum absolute atomic E-state index is 0.0795. The van der Waals surface area contributed by atoms with Crippen molar-refractivity contribution in [2.75, 3.05) is 17.1 Å². The zero-order valence-electron chi connectivity index (χ0n) is 17.1. The van der Waals surface area contributed by atoms with Crippen LogP contribution in [-0.4, -0.2) is 55.5 Å². The Hall–Kier alpha value is -0.378. The predicted molar refractivity (Wildman–Crippen MR) is 127 cm³/mol. The second-order valence-corrected chi connectivity index (χ2v) is 20.5. The van der Waals surface area contributed by atoms with E-state index >= 15 is 0 Å². The second-order valence-electron chi connectivity index (χ2n) is 8.33. The van der Waals surface area contributed by atoms with Gasteiger partial charge in [-0.05, 0) is 0 Å². The summed E-state index contributed by atoms with van der Waals surface area (Å²) in [4.78, 5) is 0. The van der Waals surface area contributed by atoms with Gasteiger partial charge in [0.05, 0.1) is 0 Å². The Kier molecular flexibility index (Phi) is 6.50. The van der Waals surface area contributed by atoms with E-state index in [1.54, 1.807) is 0 Å². The summed E-state index contributed by atoms with van der Waals surface area (Å²) in [7, 11) is -0.427. The third-order valence-electron chi connectivity index (χ3n) is 5.83. The molecule has 0 unspecified atom stereocenters. The minimum atomic E-state index is -1.34. The van der Waals surface area contributed by atoms with Crippen LogP contribution in [0.15, 0.2) is 47.8 Å². The monoisotopic (exact) mass is 617 g/mol. The zero-order chi connectivity index (χ0) is 20.6. The zero-order valence-corrected chi connectivity index (χ0v) is 23.3. The van der Waals surface area contributed by atoms with Crippen LogP contribution < -0.4 is 10.5 Å². The Labute approximate surface area is 190 Å². The van der Waals surface area contributed by atoms with Crippen molar-refractivity contribution in [3.63, 3.8) is 0 Å². The molecule has 0 aliphatic carbocycles. The van der Waals surface area contributed by atoms with E-state index in [4.69, 9.17) is 23.8 Å². The molecule has 0 aromatic heterocycles. The molecule has 4 rings (SSSR count). The fraction of sp³-hybridized carbons (Fsp3) is 0.368. The molecular weight excluding hydrogens is 593 g/mol. The standard InChI is InChI=1S/C19H23B2N2O3.PS.Tl/c1-18(2)19(3,4)26-21(25-18)14(12-24)11-20-22-15-9-5-7-13-8-6-10-16(23-20)17(13)15;1-2;/h5-11,22-23H,12H2,1-4H3;;/q2*-1;+3/b14-11-;;.